The highest BCUT2D eigenvalue weighted by atomic mass is 16.6. The molecule has 3 N–H and O–H groups in total. The summed E-state index contributed by atoms with van der Waals surface area (Å²) in [4.78, 5) is 48.1. The number of aliphatic carboxylic acids is 1. The van der Waals surface area contributed by atoms with Crippen molar-refractivity contribution in [3.8, 4) is 16.9 Å². The van der Waals surface area contributed by atoms with E-state index in [0.717, 1.165) is 10.6 Å². The van der Waals surface area contributed by atoms with Gasteiger partial charge in [-0.3, -0.25) is 13.9 Å². The van der Waals surface area contributed by atoms with Crippen LogP contribution in [0.15, 0.2) is 82.4 Å². The monoisotopic (exact) mass is 522 g/mol. The Morgan fingerprint density at radius 1 is 0.947 bits per heavy atom. The number of aromatic nitrogens is 2. The summed E-state index contributed by atoms with van der Waals surface area (Å²) in [7, 11) is 3.03. The van der Waals surface area contributed by atoms with Gasteiger partial charge in [-0.2, -0.15) is 0 Å². The highest BCUT2D eigenvalue weighted by Gasteiger charge is 2.18. The van der Waals surface area contributed by atoms with E-state index in [1.54, 1.807) is 31.3 Å². The maximum Gasteiger partial charge on any atom is 0.332 e. The van der Waals surface area contributed by atoms with Gasteiger partial charge in [0.1, 0.15) is 24.3 Å². The minimum Gasteiger partial charge on any atom is -0.490 e. The molecule has 1 heterocycles. The fraction of sp³-hybridized carbons (Fsp3) is 0.259. The van der Waals surface area contributed by atoms with Crippen LogP contribution in [0.4, 0.5) is 5.82 Å². The third-order valence-corrected chi connectivity index (χ3v) is 5.52. The first-order chi connectivity index (χ1) is 18.3. The van der Waals surface area contributed by atoms with Crippen molar-refractivity contribution in [3.05, 3.63) is 93.7 Å². The zero-order valence-electron chi connectivity index (χ0n) is 21.1. The van der Waals surface area contributed by atoms with Crippen molar-refractivity contribution in [2.75, 3.05) is 31.6 Å². The highest BCUT2D eigenvalue weighted by Crippen LogP contribution is 2.22. The smallest absolute Gasteiger partial charge is 0.332 e. The van der Waals surface area contributed by atoms with Crippen molar-refractivity contribution < 1.29 is 24.2 Å². The number of hydrogen-bond acceptors (Lipinski definition) is 8. The van der Waals surface area contributed by atoms with E-state index >= 15 is 0 Å². The van der Waals surface area contributed by atoms with Gasteiger partial charge >= 0.3 is 17.6 Å². The van der Waals surface area contributed by atoms with Crippen LogP contribution in [0.5, 0.6) is 5.75 Å². The van der Waals surface area contributed by atoms with Crippen LogP contribution in [-0.2, 0) is 28.4 Å². The second-order valence-electron chi connectivity index (χ2n) is 8.28. The van der Waals surface area contributed by atoms with Gasteiger partial charge in [-0.1, -0.05) is 48.5 Å². The molecule has 200 valence electrons. The summed E-state index contributed by atoms with van der Waals surface area (Å²) in [5.41, 5.74) is 0.195. The number of ether oxygens (including phenoxy) is 2. The van der Waals surface area contributed by atoms with Crippen molar-refractivity contribution in [2.45, 2.75) is 6.10 Å². The van der Waals surface area contributed by atoms with Gasteiger partial charge < -0.3 is 25.2 Å². The van der Waals surface area contributed by atoms with Crippen LogP contribution in [0.1, 0.15) is 0 Å². The van der Waals surface area contributed by atoms with Gasteiger partial charge in [0.2, 0.25) is 0 Å². The van der Waals surface area contributed by atoms with Gasteiger partial charge in [-0.25, -0.2) is 14.4 Å². The average molecular weight is 523 g/mol. The SMILES string of the molecule is Cn1c(NCCNCC(COc2ccccc2)OC(=O)/C=C/C(=O)O)c(-c2ccccc2)c(=O)n(C)c1=O. The third-order valence-electron chi connectivity index (χ3n) is 5.52. The van der Waals surface area contributed by atoms with Crippen molar-refractivity contribution in [2.24, 2.45) is 14.1 Å². The first kappa shape index (κ1) is 27.9. The van der Waals surface area contributed by atoms with Crippen LogP contribution in [0.2, 0.25) is 0 Å². The van der Waals surface area contributed by atoms with E-state index in [1.165, 1.54) is 11.6 Å². The number of carbonyl (C=O) groups is 2. The lowest BCUT2D eigenvalue weighted by molar-refractivity contribution is -0.144. The highest BCUT2D eigenvalue weighted by molar-refractivity contribution is 5.90. The lowest BCUT2D eigenvalue weighted by Gasteiger charge is -2.20. The molecule has 11 nitrogen and oxygen atoms in total. The van der Waals surface area contributed by atoms with Crippen molar-refractivity contribution in [1.82, 2.24) is 14.5 Å². The van der Waals surface area contributed by atoms with Gasteiger partial charge in [0.15, 0.2) is 0 Å². The number of nitrogens with zero attached hydrogens (tertiary/aromatic N) is 2. The predicted octanol–water partition coefficient (Wildman–Crippen LogP) is 1.38. The van der Waals surface area contributed by atoms with Crippen LogP contribution < -0.4 is 26.6 Å². The van der Waals surface area contributed by atoms with Gasteiger partial charge in [0.05, 0.1) is 5.56 Å². The number of benzene rings is 2. The van der Waals surface area contributed by atoms with Crippen LogP contribution in [-0.4, -0.2) is 58.5 Å². The quantitative estimate of drug-likeness (QED) is 0.172. The second-order valence-corrected chi connectivity index (χ2v) is 8.28. The number of carboxylic acid groups (broad SMARTS) is 1. The Hall–Kier alpha value is -4.64. The number of nitrogens with one attached hydrogen (secondary N) is 2. The molecule has 1 atom stereocenters. The molecular formula is C27H30N4O7. The van der Waals surface area contributed by atoms with Crippen molar-refractivity contribution >= 4 is 17.8 Å². The molecule has 38 heavy (non-hydrogen) atoms. The summed E-state index contributed by atoms with van der Waals surface area (Å²) in [6, 6.07) is 18.1. The minimum atomic E-state index is -1.26. The van der Waals surface area contributed by atoms with Crippen LogP contribution in [0, 0.1) is 0 Å². The number of rotatable bonds is 13. The minimum absolute atomic E-state index is 0.0402. The average Bonchev–Trinajstić information content (AvgIpc) is 2.92. The Balaban J connectivity index is 1.65. The Labute approximate surface area is 218 Å². The van der Waals surface area contributed by atoms with E-state index in [-0.39, 0.29) is 13.2 Å². The molecule has 0 radical (unpaired) electrons. The summed E-state index contributed by atoms with van der Waals surface area (Å²) in [5.74, 6) is -1.09. The maximum atomic E-state index is 12.9. The van der Waals surface area contributed by atoms with E-state index in [2.05, 4.69) is 10.6 Å². The molecule has 1 aromatic heterocycles. The number of carbonyl (C=O) groups excluding carboxylic acids is 1. The molecule has 0 spiro atoms. The van der Waals surface area contributed by atoms with Crippen LogP contribution in [0.3, 0.4) is 0 Å². The fourth-order valence-corrected chi connectivity index (χ4v) is 3.63. The van der Waals surface area contributed by atoms with E-state index in [0.29, 0.717) is 41.9 Å². The lowest BCUT2D eigenvalue weighted by atomic mass is 10.1. The van der Waals surface area contributed by atoms with E-state index in [9.17, 15) is 19.2 Å². The summed E-state index contributed by atoms with van der Waals surface area (Å²) < 4.78 is 13.5. The molecule has 2 aromatic carbocycles. The van der Waals surface area contributed by atoms with Gasteiger partial charge in [0, 0.05) is 45.9 Å². The molecule has 11 heteroatoms. The zero-order chi connectivity index (χ0) is 27.5. The third kappa shape index (κ3) is 7.68. The Kier molecular flexibility index (Phi) is 10.0. The topological polar surface area (TPSA) is 141 Å². The molecule has 0 bridgehead atoms. The maximum absolute atomic E-state index is 12.9. The number of anilines is 1. The number of para-hydroxylation sites is 1. The number of hydrogen-bond donors (Lipinski definition) is 3. The number of carboxylic acids is 1. The fourth-order valence-electron chi connectivity index (χ4n) is 3.63. The predicted molar refractivity (Wildman–Crippen MR) is 142 cm³/mol. The van der Waals surface area contributed by atoms with Crippen LogP contribution in [0.25, 0.3) is 11.1 Å². The summed E-state index contributed by atoms with van der Waals surface area (Å²) in [6.45, 7) is 0.988. The largest absolute Gasteiger partial charge is 0.490 e. The van der Waals surface area contributed by atoms with Crippen molar-refractivity contribution in [1.29, 1.82) is 0 Å². The molecule has 3 aromatic rings. The van der Waals surface area contributed by atoms with E-state index in [1.807, 2.05) is 36.4 Å². The molecule has 3 rings (SSSR count). The van der Waals surface area contributed by atoms with Gasteiger partial charge in [-0.15, -0.1) is 0 Å². The molecule has 0 aliphatic rings. The van der Waals surface area contributed by atoms with E-state index < -0.39 is 29.3 Å². The Bertz CT molecular complexity index is 1380. The molecule has 0 aliphatic heterocycles. The summed E-state index contributed by atoms with van der Waals surface area (Å²) in [5, 5.41) is 15.0. The molecule has 0 saturated heterocycles. The first-order valence-corrected chi connectivity index (χ1v) is 11.9. The molecule has 0 saturated carbocycles. The van der Waals surface area contributed by atoms with Crippen LogP contribution >= 0.6 is 0 Å². The van der Waals surface area contributed by atoms with Gasteiger partial charge in [-0.05, 0) is 17.7 Å². The number of esters is 1. The molecule has 1 unspecified atom stereocenters. The molecule has 0 aliphatic carbocycles. The summed E-state index contributed by atoms with van der Waals surface area (Å²) in [6.07, 6.45) is 0.823. The van der Waals surface area contributed by atoms with Crippen molar-refractivity contribution in [3.63, 3.8) is 0 Å². The standard InChI is InChI=1S/C27H30N4O7/c1-30-25(24(19-9-5-3-6-10-19)26(35)31(2)27(30)36)29-16-15-28-17-21(38-23(34)14-13-22(32)33)18-37-20-11-7-4-8-12-20/h3-14,21,28-29H,15-18H2,1-2H3,(H,32,33)/b14-13+. The van der Waals surface area contributed by atoms with E-state index in [4.69, 9.17) is 14.6 Å². The normalized spacial score (nSPS) is 11.7. The summed E-state index contributed by atoms with van der Waals surface area (Å²) >= 11 is 0. The molecule has 0 amide bonds. The lowest BCUT2D eigenvalue weighted by Crippen LogP contribution is -2.40. The zero-order valence-corrected chi connectivity index (χ0v) is 21.1. The van der Waals surface area contributed by atoms with Gasteiger partial charge in [0.25, 0.3) is 5.56 Å². The molecular weight excluding hydrogens is 492 g/mol. The first-order valence-electron chi connectivity index (χ1n) is 11.9. The Morgan fingerprint density at radius 3 is 2.26 bits per heavy atom. The Morgan fingerprint density at radius 2 is 1.61 bits per heavy atom. The molecule has 0 fully saturated rings. The second kappa shape index (κ2) is 13.6.